The van der Waals surface area contributed by atoms with Crippen molar-refractivity contribution < 1.29 is 33.4 Å². The second-order valence-corrected chi connectivity index (χ2v) is 12.0. The van der Waals surface area contributed by atoms with Crippen molar-refractivity contribution in [2.45, 2.75) is 97.1 Å². The van der Waals surface area contributed by atoms with Gasteiger partial charge in [0.1, 0.15) is 29.9 Å². The van der Waals surface area contributed by atoms with Gasteiger partial charge in [-0.05, 0) is 71.9 Å². The summed E-state index contributed by atoms with van der Waals surface area (Å²) in [5.74, 6) is -1.12. The Morgan fingerprint density at radius 1 is 0.690 bits per heavy atom. The fraction of sp³-hybridized carbons (Fsp3) is 0.500. The number of benzene rings is 2. The van der Waals surface area contributed by atoms with Crippen molar-refractivity contribution in [2.75, 3.05) is 6.54 Å². The normalized spacial score (nSPS) is 12.8. The maximum Gasteiger partial charge on any atom is 0.408 e. The maximum absolute atomic E-state index is 13.4. The molecular formula is C32H45N3O7. The van der Waals surface area contributed by atoms with Gasteiger partial charge in [0, 0.05) is 13.0 Å². The Hall–Kier alpha value is -4.08. The summed E-state index contributed by atoms with van der Waals surface area (Å²) in [5, 5.41) is 8.11. The average molecular weight is 584 g/mol. The number of hydrogen-bond acceptors (Lipinski definition) is 7. The van der Waals surface area contributed by atoms with E-state index < -0.39 is 47.3 Å². The number of rotatable bonds is 13. The fourth-order valence-electron chi connectivity index (χ4n) is 3.84. The molecule has 0 bridgehead atoms. The lowest BCUT2D eigenvalue weighted by molar-refractivity contribution is -0.159. The number of nitrogens with one attached hydrogen (secondary N) is 3. The lowest BCUT2D eigenvalue weighted by atomic mass is 10.0. The zero-order valence-corrected chi connectivity index (χ0v) is 25.5. The lowest BCUT2D eigenvalue weighted by Gasteiger charge is -2.27. The summed E-state index contributed by atoms with van der Waals surface area (Å²) in [6, 6.07) is 16.6. The molecule has 0 aliphatic carbocycles. The van der Waals surface area contributed by atoms with Gasteiger partial charge >= 0.3 is 18.2 Å². The molecule has 0 aliphatic rings. The molecular weight excluding hydrogens is 538 g/mol. The standard InChI is InChI=1S/C32H45N3O7/c1-31(2,3)41-28(37)25(19-13-14-20-33-29(38)40-22-24-17-11-8-12-18-24)34-27(36)26(21-23-15-9-7-10-16-23)35-30(39)42-32(4,5)6/h7-12,15-18,25-26H,13-14,19-22H2,1-6H3,(H,33,38)(H,34,36)(H,35,39)/t25-,26-/m0/s1. The maximum atomic E-state index is 13.4. The van der Waals surface area contributed by atoms with Crippen molar-refractivity contribution in [3.63, 3.8) is 0 Å². The van der Waals surface area contributed by atoms with Crippen LogP contribution < -0.4 is 16.0 Å². The summed E-state index contributed by atoms with van der Waals surface area (Å²) in [4.78, 5) is 51.0. The zero-order chi connectivity index (χ0) is 31.2. The second kappa shape index (κ2) is 16.4. The molecule has 3 N–H and O–H groups in total. The van der Waals surface area contributed by atoms with E-state index in [0.29, 0.717) is 19.4 Å². The van der Waals surface area contributed by atoms with Gasteiger partial charge in [0.15, 0.2) is 0 Å². The molecule has 2 atom stereocenters. The van der Waals surface area contributed by atoms with Crippen LogP contribution in [0.2, 0.25) is 0 Å². The highest BCUT2D eigenvalue weighted by molar-refractivity contribution is 5.90. The van der Waals surface area contributed by atoms with Gasteiger partial charge in [-0.2, -0.15) is 0 Å². The Morgan fingerprint density at radius 2 is 1.26 bits per heavy atom. The number of ether oxygens (including phenoxy) is 3. The fourth-order valence-corrected chi connectivity index (χ4v) is 3.84. The van der Waals surface area contributed by atoms with E-state index in [1.807, 2.05) is 60.7 Å². The van der Waals surface area contributed by atoms with Gasteiger partial charge in [0.05, 0.1) is 0 Å². The molecule has 2 aromatic carbocycles. The minimum Gasteiger partial charge on any atom is -0.458 e. The van der Waals surface area contributed by atoms with Crippen LogP contribution in [-0.4, -0.2) is 53.9 Å². The first-order chi connectivity index (χ1) is 19.7. The SMILES string of the molecule is CC(C)(C)OC(=O)N[C@@H](Cc1ccccc1)C(=O)N[C@@H](CCCCNC(=O)OCc1ccccc1)C(=O)OC(C)(C)C. The van der Waals surface area contributed by atoms with Crippen molar-refractivity contribution in [1.82, 2.24) is 16.0 Å². The van der Waals surface area contributed by atoms with E-state index >= 15 is 0 Å². The molecule has 0 aliphatic heterocycles. The highest BCUT2D eigenvalue weighted by Crippen LogP contribution is 2.13. The highest BCUT2D eigenvalue weighted by atomic mass is 16.6. The number of unbranched alkanes of at least 4 members (excludes halogenated alkanes) is 1. The number of carbonyl (C=O) groups excluding carboxylic acids is 4. The largest absolute Gasteiger partial charge is 0.458 e. The molecule has 0 spiro atoms. The molecule has 0 saturated carbocycles. The zero-order valence-electron chi connectivity index (χ0n) is 25.5. The molecule has 3 amide bonds. The molecule has 230 valence electrons. The number of alkyl carbamates (subject to hydrolysis) is 2. The monoisotopic (exact) mass is 583 g/mol. The lowest BCUT2D eigenvalue weighted by Crippen LogP contribution is -2.54. The molecule has 10 nitrogen and oxygen atoms in total. The number of esters is 1. The minimum atomic E-state index is -0.992. The molecule has 0 radical (unpaired) electrons. The van der Waals surface area contributed by atoms with E-state index in [9.17, 15) is 19.2 Å². The van der Waals surface area contributed by atoms with Crippen LogP contribution in [0.5, 0.6) is 0 Å². The smallest absolute Gasteiger partial charge is 0.408 e. The summed E-state index contributed by atoms with van der Waals surface area (Å²) < 4.78 is 16.1. The van der Waals surface area contributed by atoms with Crippen molar-refractivity contribution in [1.29, 1.82) is 0 Å². The predicted molar refractivity (Wildman–Crippen MR) is 160 cm³/mol. The van der Waals surface area contributed by atoms with E-state index in [1.54, 1.807) is 41.5 Å². The third-order valence-electron chi connectivity index (χ3n) is 5.70. The van der Waals surface area contributed by atoms with Crippen LogP contribution in [0.25, 0.3) is 0 Å². The van der Waals surface area contributed by atoms with Gasteiger partial charge in [-0.1, -0.05) is 60.7 Å². The van der Waals surface area contributed by atoms with E-state index in [-0.39, 0.29) is 19.4 Å². The van der Waals surface area contributed by atoms with Crippen LogP contribution in [0.3, 0.4) is 0 Å². The van der Waals surface area contributed by atoms with Crippen molar-refractivity contribution in [3.8, 4) is 0 Å². The van der Waals surface area contributed by atoms with Crippen molar-refractivity contribution in [3.05, 3.63) is 71.8 Å². The molecule has 0 unspecified atom stereocenters. The van der Waals surface area contributed by atoms with Gasteiger partial charge in [-0.15, -0.1) is 0 Å². The summed E-state index contributed by atoms with van der Waals surface area (Å²) >= 11 is 0. The van der Waals surface area contributed by atoms with Gasteiger partial charge in [0.25, 0.3) is 0 Å². The predicted octanol–water partition coefficient (Wildman–Crippen LogP) is 5.05. The first-order valence-corrected chi connectivity index (χ1v) is 14.2. The molecule has 2 rings (SSSR count). The Morgan fingerprint density at radius 3 is 1.83 bits per heavy atom. The molecule has 0 aromatic heterocycles. The van der Waals surface area contributed by atoms with Gasteiger partial charge in [-0.3, -0.25) is 4.79 Å². The highest BCUT2D eigenvalue weighted by Gasteiger charge is 2.31. The molecule has 0 saturated heterocycles. The number of amides is 3. The number of hydrogen-bond donors (Lipinski definition) is 3. The molecule has 0 fully saturated rings. The molecule has 42 heavy (non-hydrogen) atoms. The van der Waals surface area contributed by atoms with Gasteiger partial charge < -0.3 is 30.2 Å². The Bertz CT molecular complexity index is 1140. The van der Waals surface area contributed by atoms with Crippen molar-refractivity contribution >= 4 is 24.1 Å². The number of carbonyl (C=O) groups is 4. The molecule has 10 heteroatoms. The quantitative estimate of drug-likeness (QED) is 0.171. The van der Waals surface area contributed by atoms with E-state index in [0.717, 1.165) is 11.1 Å². The van der Waals surface area contributed by atoms with Gasteiger partial charge in [0.2, 0.25) is 5.91 Å². The van der Waals surface area contributed by atoms with Crippen molar-refractivity contribution in [2.24, 2.45) is 0 Å². The van der Waals surface area contributed by atoms with Crippen LogP contribution in [0.4, 0.5) is 9.59 Å². The average Bonchev–Trinajstić information content (AvgIpc) is 2.89. The summed E-state index contributed by atoms with van der Waals surface area (Å²) in [5.41, 5.74) is 0.199. The Kier molecular flexibility index (Phi) is 13.3. The molecule has 2 aromatic rings. The third kappa shape index (κ3) is 14.5. The summed E-state index contributed by atoms with van der Waals surface area (Å²) in [6.07, 6.45) is 0.240. The van der Waals surface area contributed by atoms with Crippen LogP contribution in [0.1, 0.15) is 71.9 Å². The summed E-state index contributed by atoms with van der Waals surface area (Å²) in [7, 11) is 0. The first-order valence-electron chi connectivity index (χ1n) is 14.2. The molecule has 0 heterocycles. The third-order valence-corrected chi connectivity index (χ3v) is 5.70. The van der Waals surface area contributed by atoms with Crippen LogP contribution in [0.15, 0.2) is 60.7 Å². The van der Waals surface area contributed by atoms with Crippen LogP contribution in [0, 0.1) is 0 Å². The Labute approximate surface area is 248 Å². The van der Waals surface area contributed by atoms with Crippen LogP contribution >= 0.6 is 0 Å². The summed E-state index contributed by atoms with van der Waals surface area (Å²) in [6.45, 7) is 10.9. The minimum absolute atomic E-state index is 0.168. The van der Waals surface area contributed by atoms with E-state index in [2.05, 4.69) is 16.0 Å². The van der Waals surface area contributed by atoms with Gasteiger partial charge in [-0.25, -0.2) is 14.4 Å². The van der Waals surface area contributed by atoms with E-state index in [4.69, 9.17) is 14.2 Å². The Balaban J connectivity index is 1.99. The van der Waals surface area contributed by atoms with E-state index in [1.165, 1.54) is 0 Å². The topological polar surface area (TPSA) is 132 Å². The first kappa shape index (κ1) is 34.1. The van der Waals surface area contributed by atoms with Crippen LogP contribution in [-0.2, 0) is 36.8 Å². The second-order valence-electron chi connectivity index (χ2n) is 12.0.